The molecule has 0 fully saturated rings. The number of halogens is 2. The average Bonchev–Trinajstić information content (AvgIpc) is 3.28. The first kappa shape index (κ1) is 25.8. The second-order valence-electron chi connectivity index (χ2n) is 7.80. The Balaban J connectivity index is 1.48. The molecule has 36 heavy (non-hydrogen) atoms. The van der Waals surface area contributed by atoms with E-state index in [0.717, 1.165) is 24.3 Å². The first-order valence-corrected chi connectivity index (χ1v) is 12.4. The molecule has 0 radical (unpaired) electrons. The van der Waals surface area contributed by atoms with Gasteiger partial charge in [0.15, 0.2) is 10.7 Å². The molecule has 0 aliphatic heterocycles. The van der Waals surface area contributed by atoms with Crippen LogP contribution in [0.3, 0.4) is 0 Å². The number of hydrogen-bond donors (Lipinski definition) is 2. The fourth-order valence-corrected chi connectivity index (χ4v) is 4.58. The van der Waals surface area contributed by atoms with Gasteiger partial charge in [-0.2, -0.15) is 0 Å². The Morgan fingerprint density at radius 2 is 1.81 bits per heavy atom. The summed E-state index contributed by atoms with van der Waals surface area (Å²) < 4.78 is 11.2. The maximum atomic E-state index is 12.7. The van der Waals surface area contributed by atoms with Gasteiger partial charge in [-0.1, -0.05) is 23.2 Å². The monoisotopic (exact) mass is 542 g/mol. The molecular weight excluding hydrogens is 519 g/mol. The van der Waals surface area contributed by atoms with Crippen molar-refractivity contribution in [3.8, 4) is 17.2 Å². The van der Waals surface area contributed by atoms with E-state index in [-0.39, 0.29) is 21.4 Å². The molecule has 0 atom stereocenters. The highest BCUT2D eigenvalue weighted by Gasteiger charge is 2.18. The third-order valence-corrected chi connectivity index (χ3v) is 6.28. The molecule has 3 aromatic carbocycles. The number of hydrogen-bond acceptors (Lipinski definition) is 6. The van der Waals surface area contributed by atoms with Crippen LogP contribution < -0.4 is 20.3 Å². The second-order valence-corrected chi connectivity index (χ2v) is 9.05. The highest BCUT2D eigenvalue weighted by molar-refractivity contribution is 7.80. The number of amides is 1. The number of carbonyl (C=O) groups excluding carboxylic acids is 1. The summed E-state index contributed by atoms with van der Waals surface area (Å²) in [5.41, 5.74) is 4.13. The molecule has 10 heteroatoms. The van der Waals surface area contributed by atoms with Crippen LogP contribution in [-0.4, -0.2) is 36.2 Å². The summed E-state index contributed by atoms with van der Waals surface area (Å²) in [5, 5.41) is 6.22. The summed E-state index contributed by atoms with van der Waals surface area (Å²) >= 11 is 17.5. The van der Waals surface area contributed by atoms with E-state index >= 15 is 0 Å². The minimum absolute atomic E-state index is 0.0909. The number of ether oxygens (including phenoxy) is 1. The summed E-state index contributed by atoms with van der Waals surface area (Å²) in [7, 11) is 1.42. The van der Waals surface area contributed by atoms with Gasteiger partial charge in [0.25, 0.3) is 5.91 Å². The molecule has 1 amide bonds. The number of rotatable bonds is 7. The quantitative estimate of drug-likeness (QED) is 0.249. The van der Waals surface area contributed by atoms with E-state index < -0.39 is 5.91 Å². The Hall–Kier alpha value is -3.33. The Morgan fingerprint density at radius 1 is 1.08 bits per heavy atom. The Bertz CT molecular complexity index is 1420. The topological polar surface area (TPSA) is 79.6 Å². The molecule has 0 saturated heterocycles. The third-order valence-electron chi connectivity index (χ3n) is 5.57. The van der Waals surface area contributed by atoms with Crippen molar-refractivity contribution in [2.45, 2.75) is 13.8 Å². The number of methoxy groups -OCH3 is 1. The number of benzene rings is 3. The van der Waals surface area contributed by atoms with Gasteiger partial charge < -0.3 is 19.4 Å². The van der Waals surface area contributed by atoms with Crippen LogP contribution in [0.15, 0.2) is 59.0 Å². The maximum Gasteiger partial charge on any atom is 0.261 e. The van der Waals surface area contributed by atoms with E-state index in [4.69, 9.17) is 44.6 Å². The lowest BCUT2D eigenvalue weighted by Gasteiger charge is -2.20. The standard InChI is InChI=1S/C26H24Cl2N4O3S/c1-4-32(5-2)18-9-6-15(7-10-18)25-30-21-14-17(8-11-22(21)35-25)29-26(36)31-24(33)19-12-16(27)13-20(28)23(19)34-3/h6-14H,4-5H2,1-3H3,(H2,29,31,33,36). The molecule has 0 bridgehead atoms. The second kappa shape index (κ2) is 11.2. The van der Waals surface area contributed by atoms with Crippen LogP contribution in [0.5, 0.6) is 5.75 Å². The van der Waals surface area contributed by atoms with Crippen molar-refractivity contribution in [2.24, 2.45) is 0 Å². The van der Waals surface area contributed by atoms with Gasteiger partial charge in [-0.15, -0.1) is 0 Å². The molecule has 0 aliphatic rings. The number of nitrogens with one attached hydrogen (secondary N) is 2. The van der Waals surface area contributed by atoms with Gasteiger partial charge in [-0.05, 0) is 80.7 Å². The van der Waals surface area contributed by atoms with Gasteiger partial charge in [0.2, 0.25) is 5.89 Å². The SMILES string of the molecule is CCN(CC)c1ccc(-c2nc3cc(NC(=S)NC(=O)c4cc(Cl)cc(Cl)c4OC)ccc3o2)cc1. The lowest BCUT2D eigenvalue weighted by molar-refractivity contribution is 0.0974. The third kappa shape index (κ3) is 5.56. The number of fused-ring (bicyclic) bond motifs is 1. The molecule has 0 spiro atoms. The lowest BCUT2D eigenvalue weighted by Crippen LogP contribution is -2.34. The molecule has 186 valence electrons. The van der Waals surface area contributed by atoms with Gasteiger partial charge in [-0.25, -0.2) is 4.98 Å². The molecule has 0 aliphatic carbocycles. The molecule has 0 unspecified atom stereocenters. The molecular formula is C26H24Cl2N4O3S. The molecule has 2 N–H and O–H groups in total. The zero-order valence-electron chi connectivity index (χ0n) is 19.9. The van der Waals surface area contributed by atoms with E-state index in [1.807, 2.05) is 12.1 Å². The van der Waals surface area contributed by atoms with Crippen molar-refractivity contribution in [1.29, 1.82) is 0 Å². The van der Waals surface area contributed by atoms with E-state index in [9.17, 15) is 4.79 Å². The number of anilines is 2. The van der Waals surface area contributed by atoms with Crippen molar-refractivity contribution in [1.82, 2.24) is 10.3 Å². The summed E-state index contributed by atoms with van der Waals surface area (Å²) in [6.45, 7) is 6.14. The van der Waals surface area contributed by atoms with E-state index in [1.165, 1.54) is 19.2 Å². The molecule has 7 nitrogen and oxygen atoms in total. The van der Waals surface area contributed by atoms with Crippen molar-refractivity contribution in [2.75, 3.05) is 30.4 Å². The first-order chi connectivity index (χ1) is 17.3. The van der Waals surface area contributed by atoms with Gasteiger partial charge in [0.1, 0.15) is 11.3 Å². The van der Waals surface area contributed by atoms with Crippen LogP contribution in [0.25, 0.3) is 22.6 Å². The molecule has 1 heterocycles. The smallest absolute Gasteiger partial charge is 0.261 e. The van der Waals surface area contributed by atoms with Gasteiger partial charge in [0.05, 0.1) is 17.7 Å². The number of oxazole rings is 1. The minimum atomic E-state index is -0.508. The van der Waals surface area contributed by atoms with Crippen molar-refractivity contribution >= 4 is 68.9 Å². The zero-order valence-corrected chi connectivity index (χ0v) is 22.2. The van der Waals surface area contributed by atoms with E-state index in [2.05, 4.69) is 46.5 Å². The highest BCUT2D eigenvalue weighted by atomic mass is 35.5. The zero-order chi connectivity index (χ0) is 25.8. The largest absolute Gasteiger partial charge is 0.494 e. The van der Waals surface area contributed by atoms with Crippen molar-refractivity contribution in [3.63, 3.8) is 0 Å². The van der Waals surface area contributed by atoms with E-state index in [1.54, 1.807) is 18.2 Å². The van der Waals surface area contributed by atoms with E-state index in [0.29, 0.717) is 27.7 Å². The summed E-state index contributed by atoms with van der Waals surface area (Å²) in [6.07, 6.45) is 0. The van der Waals surface area contributed by atoms with Crippen LogP contribution >= 0.6 is 35.4 Å². The Kier molecular flexibility index (Phi) is 7.98. The van der Waals surface area contributed by atoms with Crippen molar-refractivity contribution in [3.05, 3.63) is 70.2 Å². The lowest BCUT2D eigenvalue weighted by atomic mass is 10.2. The van der Waals surface area contributed by atoms with Gasteiger partial charge in [-0.3, -0.25) is 10.1 Å². The fraction of sp³-hybridized carbons (Fsp3) is 0.192. The molecule has 4 aromatic rings. The predicted octanol–water partition coefficient (Wildman–Crippen LogP) is 6.78. The van der Waals surface area contributed by atoms with Crippen LogP contribution in [0.1, 0.15) is 24.2 Å². The molecule has 4 rings (SSSR count). The predicted molar refractivity (Wildman–Crippen MR) is 150 cm³/mol. The Labute approximate surface area is 224 Å². The summed E-state index contributed by atoms with van der Waals surface area (Å²) in [4.78, 5) is 19.6. The van der Waals surface area contributed by atoms with Crippen LogP contribution in [0.2, 0.25) is 10.0 Å². The van der Waals surface area contributed by atoms with Crippen LogP contribution in [0.4, 0.5) is 11.4 Å². The maximum absolute atomic E-state index is 12.7. The minimum Gasteiger partial charge on any atom is -0.494 e. The summed E-state index contributed by atoms with van der Waals surface area (Å²) in [5.74, 6) is 0.226. The van der Waals surface area contributed by atoms with Crippen LogP contribution in [0, 0.1) is 0 Å². The number of carbonyl (C=O) groups is 1. The average molecular weight is 543 g/mol. The molecule has 0 saturated carbocycles. The highest BCUT2D eigenvalue weighted by Crippen LogP contribution is 2.32. The first-order valence-electron chi connectivity index (χ1n) is 11.2. The number of thiocarbonyl (C=S) groups is 1. The fourth-order valence-electron chi connectivity index (χ4n) is 3.80. The van der Waals surface area contributed by atoms with Crippen molar-refractivity contribution < 1.29 is 13.9 Å². The molecule has 1 aromatic heterocycles. The van der Waals surface area contributed by atoms with Gasteiger partial charge >= 0.3 is 0 Å². The summed E-state index contributed by atoms with van der Waals surface area (Å²) in [6, 6.07) is 16.5. The van der Waals surface area contributed by atoms with Gasteiger partial charge in [0, 0.05) is 35.1 Å². The normalized spacial score (nSPS) is 10.8. The van der Waals surface area contributed by atoms with Crippen LogP contribution in [-0.2, 0) is 0 Å². The number of aromatic nitrogens is 1. The Morgan fingerprint density at radius 3 is 2.47 bits per heavy atom. The number of nitrogens with zero attached hydrogens (tertiary/aromatic N) is 2.